The molecule has 208 valence electrons. The number of amides is 2. The Morgan fingerprint density at radius 1 is 1.05 bits per heavy atom. The standard InChI is InChI=1S/C30H32N4O6/c1-30(2,39)29(38)33-15-13-19(14-16-33)31-27(36)25-26(40-3)23-24(32-25)20-11-7-8-12-21(20)34(28(23)37)17-22(35)18-9-5-4-6-10-18/h4-12,19,32,39H,13-17H2,1-3H3,(H,31,36). The normalized spacial score (nSPS) is 14.4. The molecule has 0 saturated carbocycles. The first-order chi connectivity index (χ1) is 19.1. The highest BCUT2D eigenvalue weighted by Gasteiger charge is 2.33. The number of hydrogen-bond donors (Lipinski definition) is 3. The number of aromatic nitrogens is 2. The molecule has 0 radical (unpaired) electrons. The van der Waals surface area contributed by atoms with E-state index >= 15 is 0 Å². The lowest BCUT2D eigenvalue weighted by molar-refractivity contribution is -0.148. The molecule has 2 aromatic heterocycles. The van der Waals surface area contributed by atoms with E-state index in [9.17, 15) is 24.3 Å². The molecule has 0 spiro atoms. The zero-order valence-electron chi connectivity index (χ0n) is 22.7. The van der Waals surface area contributed by atoms with Crippen LogP contribution >= 0.6 is 0 Å². The van der Waals surface area contributed by atoms with Crippen molar-refractivity contribution >= 4 is 39.4 Å². The van der Waals surface area contributed by atoms with Gasteiger partial charge in [0, 0.05) is 30.1 Å². The summed E-state index contributed by atoms with van der Waals surface area (Å²) in [6.07, 6.45) is 1.04. The molecule has 1 aliphatic heterocycles. The summed E-state index contributed by atoms with van der Waals surface area (Å²) in [5.74, 6) is -0.882. The van der Waals surface area contributed by atoms with Crippen molar-refractivity contribution in [2.45, 2.75) is 44.9 Å². The summed E-state index contributed by atoms with van der Waals surface area (Å²) < 4.78 is 7.02. The lowest BCUT2D eigenvalue weighted by atomic mass is 10.0. The first-order valence-electron chi connectivity index (χ1n) is 13.2. The number of carbonyl (C=O) groups is 3. The summed E-state index contributed by atoms with van der Waals surface area (Å²) in [4.78, 5) is 57.4. The summed E-state index contributed by atoms with van der Waals surface area (Å²) in [7, 11) is 1.40. The number of piperidine rings is 1. The van der Waals surface area contributed by atoms with E-state index in [1.807, 2.05) is 18.2 Å². The molecule has 2 amide bonds. The van der Waals surface area contributed by atoms with Gasteiger partial charge in [-0.3, -0.25) is 23.7 Å². The van der Waals surface area contributed by atoms with Crippen molar-refractivity contribution in [3.05, 3.63) is 76.2 Å². The molecule has 40 heavy (non-hydrogen) atoms. The van der Waals surface area contributed by atoms with Crippen LogP contribution in [0.3, 0.4) is 0 Å². The average molecular weight is 545 g/mol. The number of pyridine rings is 1. The summed E-state index contributed by atoms with van der Waals surface area (Å²) in [6.45, 7) is 3.56. The smallest absolute Gasteiger partial charge is 0.271 e. The molecule has 5 rings (SSSR count). The van der Waals surface area contributed by atoms with E-state index in [1.54, 1.807) is 41.3 Å². The number of likely N-dealkylation sites (tertiary alicyclic amines) is 1. The number of methoxy groups -OCH3 is 1. The Morgan fingerprint density at radius 3 is 2.35 bits per heavy atom. The van der Waals surface area contributed by atoms with E-state index in [0.29, 0.717) is 47.9 Å². The van der Waals surface area contributed by atoms with Crippen molar-refractivity contribution in [1.82, 2.24) is 19.8 Å². The molecule has 2 aromatic carbocycles. The number of carbonyl (C=O) groups excluding carboxylic acids is 3. The predicted molar refractivity (Wildman–Crippen MR) is 151 cm³/mol. The van der Waals surface area contributed by atoms with Crippen molar-refractivity contribution in [2.24, 2.45) is 0 Å². The Morgan fingerprint density at radius 2 is 1.70 bits per heavy atom. The van der Waals surface area contributed by atoms with Gasteiger partial charge in [-0.05, 0) is 32.8 Å². The summed E-state index contributed by atoms with van der Waals surface area (Å²) >= 11 is 0. The Balaban J connectivity index is 1.47. The van der Waals surface area contributed by atoms with Crippen LogP contribution in [0.5, 0.6) is 5.75 Å². The van der Waals surface area contributed by atoms with E-state index in [2.05, 4.69) is 10.3 Å². The van der Waals surface area contributed by atoms with Crippen LogP contribution < -0.4 is 15.6 Å². The lowest BCUT2D eigenvalue weighted by Crippen LogP contribution is -2.51. The fourth-order valence-electron chi connectivity index (χ4n) is 5.30. The first kappa shape index (κ1) is 27.1. The summed E-state index contributed by atoms with van der Waals surface area (Å²) in [5.41, 5.74) is -0.268. The first-order valence-corrected chi connectivity index (χ1v) is 13.2. The fourth-order valence-corrected chi connectivity index (χ4v) is 5.30. The van der Waals surface area contributed by atoms with Gasteiger partial charge in [0.05, 0.1) is 24.7 Å². The number of nitrogens with zero attached hydrogens (tertiary/aromatic N) is 2. The quantitative estimate of drug-likeness (QED) is 0.307. The number of rotatable bonds is 7. The highest BCUT2D eigenvalue weighted by atomic mass is 16.5. The van der Waals surface area contributed by atoms with E-state index in [-0.39, 0.29) is 41.1 Å². The zero-order valence-corrected chi connectivity index (χ0v) is 22.7. The number of hydrogen-bond acceptors (Lipinski definition) is 6. The monoisotopic (exact) mass is 544 g/mol. The molecule has 0 unspecified atom stereocenters. The van der Waals surface area contributed by atoms with Crippen LogP contribution in [0.1, 0.15) is 47.5 Å². The second-order valence-corrected chi connectivity index (χ2v) is 10.6. The van der Waals surface area contributed by atoms with Gasteiger partial charge in [0.2, 0.25) is 0 Å². The maximum Gasteiger partial charge on any atom is 0.271 e. The average Bonchev–Trinajstić information content (AvgIpc) is 3.35. The van der Waals surface area contributed by atoms with Crippen LogP contribution in [0.15, 0.2) is 59.4 Å². The van der Waals surface area contributed by atoms with Crippen LogP contribution in [0.2, 0.25) is 0 Å². The fraction of sp³-hybridized carbons (Fsp3) is 0.333. The van der Waals surface area contributed by atoms with Crippen molar-refractivity contribution in [3.8, 4) is 5.75 Å². The topological polar surface area (TPSA) is 134 Å². The summed E-state index contributed by atoms with van der Waals surface area (Å²) in [5, 5.41) is 13.9. The highest BCUT2D eigenvalue weighted by Crippen LogP contribution is 2.32. The van der Waals surface area contributed by atoms with E-state index in [1.165, 1.54) is 25.5 Å². The van der Waals surface area contributed by atoms with Gasteiger partial charge in [-0.2, -0.15) is 0 Å². The van der Waals surface area contributed by atoms with Crippen LogP contribution in [-0.2, 0) is 11.3 Å². The molecule has 10 nitrogen and oxygen atoms in total. The van der Waals surface area contributed by atoms with E-state index < -0.39 is 17.1 Å². The van der Waals surface area contributed by atoms with Crippen LogP contribution in [0, 0.1) is 0 Å². The molecular formula is C30H32N4O6. The third-order valence-electron chi connectivity index (χ3n) is 7.35. The molecule has 1 aliphatic rings. The number of nitrogens with one attached hydrogen (secondary N) is 2. The van der Waals surface area contributed by atoms with Crippen molar-refractivity contribution < 1.29 is 24.2 Å². The second-order valence-electron chi connectivity index (χ2n) is 10.6. The van der Waals surface area contributed by atoms with Gasteiger partial charge < -0.3 is 25.0 Å². The lowest BCUT2D eigenvalue weighted by Gasteiger charge is -2.35. The number of benzene rings is 2. The van der Waals surface area contributed by atoms with Crippen molar-refractivity contribution in [1.29, 1.82) is 0 Å². The molecule has 0 atom stereocenters. The van der Waals surface area contributed by atoms with Crippen LogP contribution in [0.4, 0.5) is 0 Å². The largest absolute Gasteiger partial charge is 0.493 e. The Kier molecular flexibility index (Phi) is 7.20. The second kappa shape index (κ2) is 10.6. The number of aliphatic hydroxyl groups is 1. The minimum atomic E-state index is -1.45. The maximum atomic E-state index is 13.8. The molecule has 10 heteroatoms. The number of ketones is 1. The Bertz CT molecular complexity index is 1660. The summed E-state index contributed by atoms with van der Waals surface area (Å²) in [6, 6.07) is 15.8. The molecule has 0 aliphatic carbocycles. The van der Waals surface area contributed by atoms with Gasteiger partial charge in [-0.15, -0.1) is 0 Å². The molecule has 3 heterocycles. The number of ether oxygens (including phenoxy) is 1. The maximum absolute atomic E-state index is 13.8. The number of fused-ring (bicyclic) bond motifs is 3. The Hall–Kier alpha value is -4.44. The minimum Gasteiger partial charge on any atom is -0.493 e. The van der Waals surface area contributed by atoms with Crippen LogP contribution in [0.25, 0.3) is 21.8 Å². The van der Waals surface area contributed by atoms with Gasteiger partial charge in [0.15, 0.2) is 11.5 Å². The molecule has 3 N–H and O–H groups in total. The van der Waals surface area contributed by atoms with Crippen molar-refractivity contribution in [2.75, 3.05) is 20.2 Å². The third kappa shape index (κ3) is 4.98. The third-order valence-corrected chi connectivity index (χ3v) is 7.35. The molecular weight excluding hydrogens is 512 g/mol. The molecule has 1 saturated heterocycles. The van der Waals surface area contributed by atoms with E-state index in [0.717, 1.165) is 0 Å². The number of Topliss-reactive ketones (excluding diaryl/α,β-unsaturated/α-hetero) is 1. The number of para-hydroxylation sites is 1. The van der Waals surface area contributed by atoms with Crippen LogP contribution in [-0.4, -0.2) is 69.0 Å². The van der Waals surface area contributed by atoms with Gasteiger partial charge in [0.25, 0.3) is 17.4 Å². The molecule has 4 aromatic rings. The number of H-pyrrole nitrogens is 1. The SMILES string of the molecule is COc1c(C(=O)NC2CCN(C(=O)C(C)(C)O)CC2)[nH]c2c1c(=O)n(CC(=O)c1ccccc1)c1ccccc21. The zero-order chi connectivity index (χ0) is 28.6. The van der Waals surface area contributed by atoms with Gasteiger partial charge >= 0.3 is 0 Å². The molecule has 1 fully saturated rings. The predicted octanol–water partition coefficient (Wildman–Crippen LogP) is 2.87. The van der Waals surface area contributed by atoms with Gasteiger partial charge in [0.1, 0.15) is 16.7 Å². The van der Waals surface area contributed by atoms with E-state index in [4.69, 9.17) is 4.74 Å². The van der Waals surface area contributed by atoms with Crippen molar-refractivity contribution in [3.63, 3.8) is 0 Å². The highest BCUT2D eigenvalue weighted by molar-refractivity contribution is 6.11. The minimum absolute atomic E-state index is 0.110. The Labute approximate surface area is 230 Å². The van der Waals surface area contributed by atoms with Gasteiger partial charge in [-0.25, -0.2) is 0 Å². The van der Waals surface area contributed by atoms with Gasteiger partial charge in [-0.1, -0.05) is 48.5 Å². The molecule has 0 bridgehead atoms. The number of aromatic amines is 1.